The van der Waals surface area contributed by atoms with Gasteiger partial charge in [-0.25, -0.2) is 9.78 Å². The van der Waals surface area contributed by atoms with Gasteiger partial charge in [0.2, 0.25) is 5.91 Å². The molecule has 1 aromatic rings. The molecule has 0 spiro atoms. The Morgan fingerprint density at radius 2 is 2.33 bits per heavy atom. The van der Waals surface area contributed by atoms with Crippen molar-refractivity contribution in [2.75, 3.05) is 0 Å². The number of aromatic amines is 1. The Kier molecular flexibility index (Phi) is 3.61. The standard InChI is InChI=1S/C9H11N3O3/c1-6(9(14)15)12-8(13)3-2-7-4-10-5-11-7/h4-5H,1-3H2,(H,10,11)(H,12,13)(H,14,15). The molecule has 0 saturated carbocycles. The van der Waals surface area contributed by atoms with Crippen LogP contribution in [0.15, 0.2) is 24.8 Å². The molecule has 0 radical (unpaired) electrons. The van der Waals surface area contributed by atoms with E-state index in [1.807, 2.05) is 0 Å². The van der Waals surface area contributed by atoms with Gasteiger partial charge in [-0.3, -0.25) is 4.79 Å². The number of aromatic nitrogens is 2. The number of H-pyrrole nitrogens is 1. The van der Waals surface area contributed by atoms with Crippen molar-refractivity contribution in [3.63, 3.8) is 0 Å². The summed E-state index contributed by atoms with van der Waals surface area (Å²) in [4.78, 5) is 28.1. The number of carbonyl (C=O) groups excluding carboxylic acids is 1. The Hall–Kier alpha value is -2.11. The summed E-state index contributed by atoms with van der Waals surface area (Å²) in [6.45, 7) is 3.19. The van der Waals surface area contributed by atoms with Crippen molar-refractivity contribution < 1.29 is 14.7 Å². The summed E-state index contributed by atoms with van der Waals surface area (Å²) in [5, 5.41) is 10.6. The molecule has 0 fully saturated rings. The molecule has 0 aromatic carbocycles. The molecule has 80 valence electrons. The van der Waals surface area contributed by atoms with Gasteiger partial charge in [0.15, 0.2) is 0 Å². The highest BCUT2D eigenvalue weighted by atomic mass is 16.4. The molecule has 6 nitrogen and oxygen atoms in total. The third kappa shape index (κ3) is 3.63. The lowest BCUT2D eigenvalue weighted by atomic mass is 10.2. The summed E-state index contributed by atoms with van der Waals surface area (Å²) in [6.07, 6.45) is 3.80. The van der Waals surface area contributed by atoms with Gasteiger partial charge >= 0.3 is 5.97 Å². The van der Waals surface area contributed by atoms with E-state index in [9.17, 15) is 9.59 Å². The summed E-state index contributed by atoms with van der Waals surface area (Å²) in [5.74, 6) is -1.61. The van der Waals surface area contributed by atoms with Crippen molar-refractivity contribution >= 4 is 11.9 Å². The van der Waals surface area contributed by atoms with Gasteiger partial charge in [0.1, 0.15) is 5.70 Å². The summed E-state index contributed by atoms with van der Waals surface area (Å²) < 4.78 is 0. The van der Waals surface area contributed by atoms with E-state index in [0.717, 1.165) is 5.69 Å². The zero-order valence-electron chi connectivity index (χ0n) is 7.99. The lowest BCUT2D eigenvalue weighted by Gasteiger charge is -2.02. The number of aliphatic carboxylic acids is 1. The number of carboxylic acids is 1. The number of nitrogens with zero attached hydrogens (tertiary/aromatic N) is 1. The van der Waals surface area contributed by atoms with E-state index < -0.39 is 5.97 Å². The second-order valence-corrected chi connectivity index (χ2v) is 2.91. The first-order valence-electron chi connectivity index (χ1n) is 4.29. The number of amides is 1. The minimum atomic E-state index is -1.23. The van der Waals surface area contributed by atoms with Crippen LogP contribution in [0, 0.1) is 0 Å². The van der Waals surface area contributed by atoms with Gasteiger partial charge in [0, 0.05) is 18.3 Å². The van der Waals surface area contributed by atoms with Crippen LogP contribution in [0.3, 0.4) is 0 Å². The number of rotatable bonds is 5. The van der Waals surface area contributed by atoms with Gasteiger partial charge in [0.05, 0.1) is 6.33 Å². The predicted molar refractivity (Wildman–Crippen MR) is 51.8 cm³/mol. The van der Waals surface area contributed by atoms with Crippen LogP contribution in [0.2, 0.25) is 0 Å². The summed E-state index contributed by atoms with van der Waals surface area (Å²) in [7, 11) is 0. The second-order valence-electron chi connectivity index (χ2n) is 2.91. The van der Waals surface area contributed by atoms with Crippen LogP contribution in [-0.2, 0) is 16.0 Å². The fourth-order valence-electron chi connectivity index (χ4n) is 0.954. The number of carboxylic acid groups (broad SMARTS) is 1. The minimum absolute atomic E-state index is 0.189. The molecular formula is C9H11N3O3. The van der Waals surface area contributed by atoms with Crippen LogP contribution >= 0.6 is 0 Å². The van der Waals surface area contributed by atoms with E-state index in [2.05, 4.69) is 21.9 Å². The minimum Gasteiger partial charge on any atom is -0.477 e. The Bertz CT molecular complexity index is 370. The molecule has 6 heteroatoms. The molecule has 1 amide bonds. The summed E-state index contributed by atoms with van der Waals surface area (Å²) in [5.41, 5.74) is 0.510. The van der Waals surface area contributed by atoms with Crippen molar-refractivity contribution in [2.24, 2.45) is 0 Å². The number of aryl methyl sites for hydroxylation is 1. The molecule has 0 atom stereocenters. The van der Waals surface area contributed by atoms with Crippen LogP contribution in [-0.4, -0.2) is 27.0 Å². The number of hydrogen-bond donors (Lipinski definition) is 3. The molecule has 3 N–H and O–H groups in total. The van der Waals surface area contributed by atoms with Gasteiger partial charge in [-0.2, -0.15) is 0 Å². The quantitative estimate of drug-likeness (QED) is 0.597. The maximum absolute atomic E-state index is 11.2. The molecule has 0 saturated heterocycles. The van der Waals surface area contributed by atoms with Crippen LogP contribution in [0.25, 0.3) is 0 Å². The highest BCUT2D eigenvalue weighted by molar-refractivity contribution is 5.91. The summed E-state index contributed by atoms with van der Waals surface area (Å²) >= 11 is 0. The third-order valence-electron chi connectivity index (χ3n) is 1.72. The highest BCUT2D eigenvalue weighted by Crippen LogP contribution is 1.97. The highest BCUT2D eigenvalue weighted by Gasteiger charge is 2.08. The third-order valence-corrected chi connectivity index (χ3v) is 1.72. The molecule has 0 aliphatic heterocycles. The molecular weight excluding hydrogens is 198 g/mol. The molecule has 0 aliphatic rings. The number of carbonyl (C=O) groups is 2. The van der Waals surface area contributed by atoms with Crippen molar-refractivity contribution in [3.8, 4) is 0 Å². The van der Waals surface area contributed by atoms with Gasteiger partial charge in [-0.05, 0) is 6.42 Å². The smallest absolute Gasteiger partial charge is 0.351 e. The van der Waals surface area contributed by atoms with E-state index in [1.165, 1.54) is 6.33 Å². The Morgan fingerprint density at radius 1 is 1.60 bits per heavy atom. The first kappa shape index (κ1) is 11.0. The van der Waals surface area contributed by atoms with Crippen molar-refractivity contribution in [1.82, 2.24) is 15.3 Å². The van der Waals surface area contributed by atoms with E-state index in [0.29, 0.717) is 6.42 Å². The normalized spacial score (nSPS) is 9.60. The van der Waals surface area contributed by atoms with E-state index >= 15 is 0 Å². The molecule has 1 heterocycles. The fraction of sp³-hybridized carbons (Fsp3) is 0.222. The second kappa shape index (κ2) is 4.94. The van der Waals surface area contributed by atoms with Gasteiger partial charge < -0.3 is 15.4 Å². The van der Waals surface area contributed by atoms with Gasteiger partial charge in [0.25, 0.3) is 0 Å². The molecule has 1 rings (SSSR count). The Morgan fingerprint density at radius 3 is 2.87 bits per heavy atom. The fourth-order valence-corrected chi connectivity index (χ4v) is 0.954. The topological polar surface area (TPSA) is 95.1 Å². The van der Waals surface area contributed by atoms with Crippen molar-refractivity contribution in [3.05, 3.63) is 30.5 Å². The predicted octanol–water partition coefficient (Wildman–Crippen LogP) is 0.0568. The molecule has 1 aromatic heterocycles. The first-order valence-corrected chi connectivity index (χ1v) is 4.29. The largest absolute Gasteiger partial charge is 0.477 e. The van der Waals surface area contributed by atoms with Gasteiger partial charge in [-0.15, -0.1) is 0 Å². The lowest BCUT2D eigenvalue weighted by Crippen LogP contribution is -2.26. The number of nitrogens with one attached hydrogen (secondary N) is 2. The van der Waals surface area contributed by atoms with E-state index in [-0.39, 0.29) is 18.0 Å². The Labute approximate surface area is 86.0 Å². The maximum Gasteiger partial charge on any atom is 0.351 e. The number of imidazole rings is 1. The molecule has 0 unspecified atom stereocenters. The zero-order chi connectivity index (χ0) is 11.3. The first-order chi connectivity index (χ1) is 7.09. The van der Waals surface area contributed by atoms with Crippen LogP contribution in [0.5, 0.6) is 0 Å². The number of hydrogen-bond acceptors (Lipinski definition) is 3. The lowest BCUT2D eigenvalue weighted by molar-refractivity contribution is -0.134. The van der Waals surface area contributed by atoms with Crippen LogP contribution in [0.4, 0.5) is 0 Å². The summed E-state index contributed by atoms with van der Waals surface area (Å²) in [6, 6.07) is 0. The molecule has 0 aliphatic carbocycles. The molecule has 15 heavy (non-hydrogen) atoms. The zero-order valence-corrected chi connectivity index (χ0v) is 7.99. The SMILES string of the molecule is C=C(NC(=O)CCc1cnc[nH]1)C(=O)O. The average molecular weight is 209 g/mol. The van der Waals surface area contributed by atoms with E-state index in [1.54, 1.807) is 6.20 Å². The maximum atomic E-state index is 11.2. The van der Waals surface area contributed by atoms with Crippen LogP contribution in [0.1, 0.15) is 12.1 Å². The molecule has 0 bridgehead atoms. The van der Waals surface area contributed by atoms with Crippen molar-refractivity contribution in [2.45, 2.75) is 12.8 Å². The Balaban J connectivity index is 2.31. The van der Waals surface area contributed by atoms with E-state index in [4.69, 9.17) is 5.11 Å². The monoisotopic (exact) mass is 209 g/mol. The van der Waals surface area contributed by atoms with Crippen molar-refractivity contribution in [1.29, 1.82) is 0 Å². The average Bonchev–Trinajstić information content (AvgIpc) is 2.66. The van der Waals surface area contributed by atoms with Crippen LogP contribution < -0.4 is 5.32 Å². The van der Waals surface area contributed by atoms with Gasteiger partial charge in [-0.1, -0.05) is 6.58 Å².